The monoisotopic (exact) mass is 530 g/mol. The van der Waals surface area contributed by atoms with E-state index in [0.29, 0.717) is 21.9 Å². The summed E-state index contributed by atoms with van der Waals surface area (Å²) in [6, 6.07) is 5.41. The molecule has 2 aromatic heterocycles. The number of anilines is 1. The van der Waals surface area contributed by atoms with Crippen LogP contribution in [0.1, 0.15) is 49.9 Å². The van der Waals surface area contributed by atoms with Gasteiger partial charge in [-0.15, -0.1) is 0 Å². The van der Waals surface area contributed by atoms with Gasteiger partial charge in [0.1, 0.15) is 11.3 Å². The van der Waals surface area contributed by atoms with E-state index < -0.39 is 5.97 Å². The third-order valence-corrected chi connectivity index (χ3v) is 8.21. The van der Waals surface area contributed by atoms with Gasteiger partial charge < -0.3 is 14.9 Å². The second-order valence-electron chi connectivity index (χ2n) is 10.1. The maximum atomic E-state index is 10.8. The highest BCUT2D eigenvalue weighted by Gasteiger charge is 2.36. The van der Waals surface area contributed by atoms with E-state index in [1.54, 1.807) is 6.07 Å². The Kier molecular flexibility index (Phi) is 7.37. The molecule has 3 aromatic rings. The summed E-state index contributed by atoms with van der Waals surface area (Å²) in [5.41, 5.74) is 3.34. The van der Waals surface area contributed by atoms with Crippen molar-refractivity contribution in [2.45, 2.75) is 45.6 Å². The van der Waals surface area contributed by atoms with Crippen LogP contribution in [0.2, 0.25) is 10.0 Å². The van der Waals surface area contributed by atoms with Crippen molar-refractivity contribution in [2.24, 2.45) is 11.8 Å². The lowest BCUT2D eigenvalue weighted by Crippen LogP contribution is -2.54. The number of aryl methyl sites for hydroxylation is 1. The average Bonchev–Trinajstić information content (AvgIpc) is 3.14. The van der Waals surface area contributed by atoms with Crippen LogP contribution in [0, 0.1) is 18.8 Å². The van der Waals surface area contributed by atoms with Crippen molar-refractivity contribution >= 4 is 46.2 Å². The smallest absolute Gasteiger partial charge is 0.303 e. The number of carboxylic acids is 1. The van der Waals surface area contributed by atoms with Gasteiger partial charge in [-0.05, 0) is 75.7 Å². The molecule has 1 N–H and O–H groups in total. The van der Waals surface area contributed by atoms with Gasteiger partial charge in [0.25, 0.3) is 0 Å². The Hall–Kier alpha value is -2.42. The van der Waals surface area contributed by atoms with Crippen molar-refractivity contribution in [3.05, 3.63) is 45.7 Å². The molecule has 36 heavy (non-hydrogen) atoms. The number of carbonyl (C=O) groups is 1. The van der Waals surface area contributed by atoms with Crippen LogP contribution in [0.25, 0.3) is 11.2 Å². The number of rotatable bonds is 8. The Bertz CT molecular complexity index is 1260. The molecule has 8 nitrogen and oxygen atoms in total. The molecule has 5 rings (SSSR count). The lowest BCUT2D eigenvalue weighted by molar-refractivity contribution is -0.137. The third kappa shape index (κ3) is 5.17. The summed E-state index contributed by atoms with van der Waals surface area (Å²) in [5, 5.41) is 14.9. The second kappa shape index (κ2) is 10.5. The van der Waals surface area contributed by atoms with Gasteiger partial charge in [-0.25, -0.2) is 14.6 Å². The maximum absolute atomic E-state index is 10.8. The highest BCUT2D eigenvalue weighted by atomic mass is 35.5. The Labute approximate surface area is 221 Å². The standard InChI is InChI=1S/C26H32Cl2N6O2/c1-16-25-26(34(31-16)17(2)21-8-7-20(27)11-22(21)28)30-23(12-29-25)33-14-19(15-33)18-5-3-9-32(13-18)10-4-6-24(35)36/h7-8,11-12,17-19H,3-6,9-10,13-15H2,1-2H3,(H,35,36)/t17-,18?/m1/s1. The van der Waals surface area contributed by atoms with Gasteiger partial charge >= 0.3 is 5.97 Å². The zero-order valence-corrected chi connectivity index (χ0v) is 22.2. The number of aromatic nitrogens is 4. The predicted molar refractivity (Wildman–Crippen MR) is 142 cm³/mol. The highest BCUT2D eigenvalue weighted by Crippen LogP contribution is 2.35. The van der Waals surface area contributed by atoms with Crippen LogP contribution in [0.5, 0.6) is 0 Å². The van der Waals surface area contributed by atoms with Crippen molar-refractivity contribution in [1.82, 2.24) is 24.6 Å². The Balaban J connectivity index is 1.27. The topological polar surface area (TPSA) is 87.4 Å². The van der Waals surface area contributed by atoms with E-state index in [9.17, 15) is 4.79 Å². The molecule has 0 saturated carbocycles. The molecule has 0 radical (unpaired) electrons. The summed E-state index contributed by atoms with van der Waals surface area (Å²) < 4.78 is 1.91. The minimum absolute atomic E-state index is 0.117. The van der Waals surface area contributed by atoms with Crippen molar-refractivity contribution < 1.29 is 9.90 Å². The van der Waals surface area contributed by atoms with Gasteiger partial charge in [-0.1, -0.05) is 29.3 Å². The molecule has 10 heteroatoms. The Morgan fingerprint density at radius 1 is 1.22 bits per heavy atom. The van der Waals surface area contributed by atoms with Crippen LogP contribution in [0.15, 0.2) is 24.4 Å². The summed E-state index contributed by atoms with van der Waals surface area (Å²) in [6.07, 6.45) is 5.25. The fourth-order valence-electron chi connectivity index (χ4n) is 5.57. The number of nitrogens with zero attached hydrogens (tertiary/aromatic N) is 6. The molecule has 2 fully saturated rings. The number of carboxylic acid groups (broad SMARTS) is 1. The summed E-state index contributed by atoms with van der Waals surface area (Å²) in [4.78, 5) is 25.3. The first-order valence-electron chi connectivity index (χ1n) is 12.7. The SMILES string of the molecule is Cc1nn([C@H](C)c2ccc(Cl)cc2Cl)c2nc(N3CC(C4CCCN(CCCC(=O)O)C4)C3)cnc12. The van der Waals surface area contributed by atoms with E-state index in [0.717, 1.165) is 67.4 Å². The molecular formula is C26H32Cl2N6O2. The number of halogens is 2. The molecule has 2 atom stereocenters. The van der Waals surface area contributed by atoms with Gasteiger partial charge in [0.15, 0.2) is 5.65 Å². The molecule has 1 unspecified atom stereocenters. The molecule has 2 aliphatic heterocycles. The molecule has 0 aliphatic carbocycles. The number of hydrogen-bond acceptors (Lipinski definition) is 6. The van der Waals surface area contributed by atoms with Gasteiger partial charge in [0, 0.05) is 36.1 Å². The van der Waals surface area contributed by atoms with Crippen molar-refractivity contribution in [3.8, 4) is 0 Å². The number of benzene rings is 1. The predicted octanol–water partition coefficient (Wildman–Crippen LogP) is 5.06. The fourth-order valence-corrected chi connectivity index (χ4v) is 6.13. The number of likely N-dealkylation sites (tertiary alicyclic amines) is 1. The molecule has 1 aromatic carbocycles. The summed E-state index contributed by atoms with van der Waals surface area (Å²) in [5.74, 6) is 1.45. The van der Waals surface area contributed by atoms with Crippen LogP contribution in [0.4, 0.5) is 5.82 Å². The fraction of sp³-hybridized carbons (Fsp3) is 0.538. The summed E-state index contributed by atoms with van der Waals surface area (Å²) in [7, 11) is 0. The highest BCUT2D eigenvalue weighted by molar-refractivity contribution is 6.35. The molecule has 0 amide bonds. The molecule has 192 valence electrons. The van der Waals surface area contributed by atoms with Gasteiger partial charge in [0.05, 0.1) is 17.9 Å². The molecular weight excluding hydrogens is 499 g/mol. The largest absolute Gasteiger partial charge is 0.481 e. The maximum Gasteiger partial charge on any atom is 0.303 e. The Morgan fingerprint density at radius 3 is 2.78 bits per heavy atom. The molecule has 2 aliphatic rings. The van der Waals surface area contributed by atoms with Crippen LogP contribution >= 0.6 is 23.2 Å². The van der Waals surface area contributed by atoms with E-state index in [1.807, 2.05) is 29.9 Å². The quantitative estimate of drug-likeness (QED) is 0.435. The zero-order valence-electron chi connectivity index (χ0n) is 20.7. The van der Waals surface area contributed by atoms with Crippen LogP contribution in [-0.2, 0) is 4.79 Å². The zero-order chi connectivity index (χ0) is 25.4. The second-order valence-corrected chi connectivity index (χ2v) is 11.0. The van der Waals surface area contributed by atoms with E-state index in [1.165, 1.54) is 12.8 Å². The summed E-state index contributed by atoms with van der Waals surface area (Å²) >= 11 is 12.6. The normalized spacial score (nSPS) is 20.0. The molecule has 2 saturated heterocycles. The molecule has 4 heterocycles. The van der Waals surface area contributed by atoms with Crippen LogP contribution in [0.3, 0.4) is 0 Å². The molecule has 0 bridgehead atoms. The number of hydrogen-bond donors (Lipinski definition) is 1. The molecule has 0 spiro atoms. The lowest BCUT2D eigenvalue weighted by Gasteiger charge is -2.47. The summed E-state index contributed by atoms with van der Waals surface area (Å²) in [6.45, 7) is 8.97. The number of aliphatic carboxylic acids is 1. The lowest BCUT2D eigenvalue weighted by atomic mass is 9.80. The van der Waals surface area contributed by atoms with Crippen LogP contribution in [-0.4, -0.2) is 68.4 Å². The number of fused-ring (bicyclic) bond motifs is 1. The first-order valence-corrected chi connectivity index (χ1v) is 13.4. The minimum Gasteiger partial charge on any atom is -0.481 e. The van der Waals surface area contributed by atoms with Crippen molar-refractivity contribution in [2.75, 3.05) is 37.6 Å². The number of piperidine rings is 1. The van der Waals surface area contributed by atoms with Gasteiger partial charge in [-0.2, -0.15) is 5.10 Å². The first-order chi connectivity index (χ1) is 17.3. The van der Waals surface area contributed by atoms with Crippen molar-refractivity contribution in [1.29, 1.82) is 0 Å². The van der Waals surface area contributed by atoms with Crippen LogP contribution < -0.4 is 4.90 Å². The third-order valence-electron chi connectivity index (χ3n) is 7.65. The van der Waals surface area contributed by atoms with E-state index in [4.69, 9.17) is 43.4 Å². The van der Waals surface area contributed by atoms with Gasteiger partial charge in [0.2, 0.25) is 0 Å². The average molecular weight is 531 g/mol. The van der Waals surface area contributed by atoms with E-state index >= 15 is 0 Å². The van der Waals surface area contributed by atoms with E-state index in [-0.39, 0.29) is 12.5 Å². The Morgan fingerprint density at radius 2 is 2.03 bits per heavy atom. The van der Waals surface area contributed by atoms with E-state index in [2.05, 4.69) is 16.7 Å². The van der Waals surface area contributed by atoms with Crippen molar-refractivity contribution in [3.63, 3.8) is 0 Å². The first kappa shape index (κ1) is 25.2. The minimum atomic E-state index is -0.710. The van der Waals surface area contributed by atoms with Gasteiger partial charge in [-0.3, -0.25) is 4.79 Å².